The van der Waals surface area contributed by atoms with Crippen LogP contribution < -0.4 is 10.9 Å². The lowest BCUT2D eigenvalue weighted by Crippen LogP contribution is -2.33. The number of amides is 1. The summed E-state index contributed by atoms with van der Waals surface area (Å²) in [5, 5.41) is 3.87. The number of nitrogens with zero attached hydrogens (tertiary/aromatic N) is 3. The van der Waals surface area contributed by atoms with Gasteiger partial charge >= 0.3 is 0 Å². The molecule has 188 valence electrons. The zero-order valence-corrected chi connectivity index (χ0v) is 22.4. The van der Waals surface area contributed by atoms with Crippen LogP contribution >= 0.6 is 11.8 Å². The van der Waals surface area contributed by atoms with Crippen molar-refractivity contribution < 1.29 is 4.79 Å². The van der Waals surface area contributed by atoms with Crippen LogP contribution in [0.3, 0.4) is 0 Å². The van der Waals surface area contributed by atoms with Gasteiger partial charge in [0, 0.05) is 42.9 Å². The number of aromatic nitrogens is 2. The van der Waals surface area contributed by atoms with Crippen LogP contribution in [0.2, 0.25) is 0 Å². The second-order valence-corrected chi connectivity index (χ2v) is 9.99. The topological polar surface area (TPSA) is 67.2 Å². The van der Waals surface area contributed by atoms with Gasteiger partial charge < -0.3 is 10.2 Å². The normalized spacial score (nSPS) is 12.2. The van der Waals surface area contributed by atoms with E-state index >= 15 is 0 Å². The molecule has 0 saturated heterocycles. The number of aryl methyl sites for hydroxylation is 1. The number of nitrogens with one attached hydrogen (secondary N) is 1. The molecule has 6 nitrogen and oxygen atoms in total. The SMILES string of the molecule is CCN(CC)CCCC(C)NC(=O)CCCCSc1nc(C)c(Cc2ccccc2)c(=O)n1C. The van der Waals surface area contributed by atoms with Crippen LogP contribution in [0.4, 0.5) is 0 Å². The molecule has 1 amide bonds. The maximum Gasteiger partial charge on any atom is 0.257 e. The summed E-state index contributed by atoms with van der Waals surface area (Å²) in [6.45, 7) is 11.6. The van der Waals surface area contributed by atoms with Crippen molar-refractivity contribution in [1.82, 2.24) is 19.8 Å². The zero-order chi connectivity index (χ0) is 24.9. The van der Waals surface area contributed by atoms with Gasteiger partial charge in [0.1, 0.15) is 0 Å². The first-order valence-corrected chi connectivity index (χ1v) is 13.6. The highest BCUT2D eigenvalue weighted by Crippen LogP contribution is 2.18. The number of carbonyl (C=O) groups excluding carboxylic acids is 1. The number of hydrogen-bond donors (Lipinski definition) is 1. The highest BCUT2D eigenvalue weighted by molar-refractivity contribution is 7.99. The molecule has 1 heterocycles. The molecule has 7 heteroatoms. The fraction of sp³-hybridized carbons (Fsp3) is 0.593. The van der Waals surface area contributed by atoms with E-state index in [0.717, 1.165) is 73.0 Å². The van der Waals surface area contributed by atoms with Gasteiger partial charge in [0.05, 0.1) is 0 Å². The second-order valence-electron chi connectivity index (χ2n) is 8.93. The van der Waals surface area contributed by atoms with Crippen LogP contribution in [-0.4, -0.2) is 51.8 Å². The number of unbranched alkanes of at least 4 members (excludes halogenated alkanes) is 1. The van der Waals surface area contributed by atoms with E-state index in [2.05, 4.69) is 31.0 Å². The lowest BCUT2D eigenvalue weighted by atomic mass is 10.1. The van der Waals surface area contributed by atoms with E-state index in [-0.39, 0.29) is 17.5 Å². The van der Waals surface area contributed by atoms with Crippen molar-refractivity contribution >= 4 is 17.7 Å². The fourth-order valence-corrected chi connectivity index (χ4v) is 5.00. The predicted octanol–water partition coefficient (Wildman–Crippen LogP) is 4.57. The fourth-order valence-electron chi connectivity index (χ4n) is 3.99. The lowest BCUT2D eigenvalue weighted by Gasteiger charge is -2.19. The minimum Gasteiger partial charge on any atom is -0.354 e. The maximum absolute atomic E-state index is 12.9. The van der Waals surface area contributed by atoms with Crippen LogP contribution in [0.25, 0.3) is 0 Å². The molecule has 0 aliphatic carbocycles. The Balaban J connectivity index is 1.72. The molecule has 34 heavy (non-hydrogen) atoms. The van der Waals surface area contributed by atoms with E-state index in [0.29, 0.717) is 12.8 Å². The van der Waals surface area contributed by atoms with Gasteiger partial charge in [-0.05, 0) is 64.7 Å². The quantitative estimate of drug-likeness (QED) is 0.227. The highest BCUT2D eigenvalue weighted by Gasteiger charge is 2.13. The monoisotopic (exact) mass is 486 g/mol. The molecule has 1 aromatic carbocycles. The van der Waals surface area contributed by atoms with E-state index < -0.39 is 0 Å². The summed E-state index contributed by atoms with van der Waals surface area (Å²) < 4.78 is 1.66. The highest BCUT2D eigenvalue weighted by atomic mass is 32.2. The van der Waals surface area contributed by atoms with Gasteiger partial charge in [0.25, 0.3) is 5.56 Å². The van der Waals surface area contributed by atoms with Crippen molar-refractivity contribution in [3.05, 3.63) is 57.5 Å². The van der Waals surface area contributed by atoms with Gasteiger partial charge in [-0.2, -0.15) is 0 Å². The van der Waals surface area contributed by atoms with Gasteiger partial charge in [-0.1, -0.05) is 55.9 Å². The van der Waals surface area contributed by atoms with E-state index in [1.807, 2.05) is 37.3 Å². The van der Waals surface area contributed by atoms with E-state index in [9.17, 15) is 9.59 Å². The molecule has 0 aliphatic heterocycles. The van der Waals surface area contributed by atoms with Gasteiger partial charge in [-0.3, -0.25) is 14.2 Å². The van der Waals surface area contributed by atoms with Crippen molar-refractivity contribution in [3.63, 3.8) is 0 Å². The summed E-state index contributed by atoms with van der Waals surface area (Å²) in [6, 6.07) is 10.2. The maximum atomic E-state index is 12.9. The molecule has 2 rings (SSSR count). The number of carbonyl (C=O) groups is 1. The summed E-state index contributed by atoms with van der Waals surface area (Å²) in [4.78, 5) is 32.2. The third kappa shape index (κ3) is 9.26. The number of thioether (sulfide) groups is 1. The van der Waals surface area contributed by atoms with Crippen LogP contribution in [-0.2, 0) is 18.3 Å². The van der Waals surface area contributed by atoms with Crippen molar-refractivity contribution in [2.45, 2.75) is 77.4 Å². The third-order valence-corrected chi connectivity index (χ3v) is 7.33. The largest absolute Gasteiger partial charge is 0.354 e. The van der Waals surface area contributed by atoms with Gasteiger partial charge in [0.15, 0.2) is 5.16 Å². The lowest BCUT2D eigenvalue weighted by molar-refractivity contribution is -0.121. The summed E-state index contributed by atoms with van der Waals surface area (Å²) in [6.07, 6.45) is 5.01. The molecule has 1 aromatic heterocycles. The average Bonchev–Trinajstić information content (AvgIpc) is 2.83. The first-order chi connectivity index (χ1) is 16.3. The first-order valence-electron chi connectivity index (χ1n) is 12.6. The molecular formula is C27H42N4O2S. The molecule has 0 radical (unpaired) electrons. The Morgan fingerprint density at radius 1 is 1.15 bits per heavy atom. The number of hydrogen-bond acceptors (Lipinski definition) is 5. The van der Waals surface area contributed by atoms with Crippen molar-refractivity contribution in [1.29, 1.82) is 0 Å². The van der Waals surface area contributed by atoms with Gasteiger partial charge in [0.2, 0.25) is 5.91 Å². The molecule has 0 saturated carbocycles. The Labute approximate surface area is 209 Å². The number of benzene rings is 1. The van der Waals surface area contributed by atoms with Crippen molar-refractivity contribution in [2.24, 2.45) is 7.05 Å². The first kappa shape index (κ1) is 28.1. The zero-order valence-electron chi connectivity index (χ0n) is 21.6. The molecule has 2 aromatic rings. The van der Waals surface area contributed by atoms with Crippen molar-refractivity contribution in [3.8, 4) is 0 Å². The molecule has 1 N–H and O–H groups in total. The van der Waals surface area contributed by atoms with Crippen molar-refractivity contribution in [2.75, 3.05) is 25.4 Å². The molecule has 0 bridgehead atoms. The number of rotatable bonds is 15. The molecule has 1 atom stereocenters. The van der Waals surface area contributed by atoms with Crippen LogP contribution in [0.1, 0.15) is 69.7 Å². The Kier molecular flexibility index (Phi) is 12.4. The Morgan fingerprint density at radius 3 is 2.53 bits per heavy atom. The Bertz CT molecular complexity index is 942. The van der Waals surface area contributed by atoms with Crippen LogP contribution in [0, 0.1) is 6.92 Å². The Morgan fingerprint density at radius 2 is 1.85 bits per heavy atom. The molecule has 0 fully saturated rings. The van der Waals surface area contributed by atoms with Gasteiger partial charge in [-0.25, -0.2) is 4.98 Å². The van der Waals surface area contributed by atoms with E-state index in [1.54, 1.807) is 23.4 Å². The smallest absolute Gasteiger partial charge is 0.257 e. The minimum absolute atomic E-state index is 0.0215. The van der Waals surface area contributed by atoms with E-state index in [4.69, 9.17) is 4.98 Å². The standard InChI is InChI=1S/C27H42N4O2S/c1-6-31(7-2)18-13-14-21(3)28-25(32)17-11-12-19-34-27-29-22(4)24(26(33)30(27)5)20-23-15-9-8-10-16-23/h8-10,15-16,21H,6-7,11-14,17-20H2,1-5H3,(H,28,32). The summed E-state index contributed by atoms with van der Waals surface area (Å²) >= 11 is 1.59. The molecular weight excluding hydrogens is 444 g/mol. The average molecular weight is 487 g/mol. The molecule has 0 spiro atoms. The van der Waals surface area contributed by atoms with E-state index in [1.165, 1.54) is 0 Å². The van der Waals surface area contributed by atoms with Gasteiger partial charge in [-0.15, -0.1) is 0 Å². The van der Waals surface area contributed by atoms with Crippen LogP contribution in [0.5, 0.6) is 0 Å². The second kappa shape index (κ2) is 15.0. The summed E-state index contributed by atoms with van der Waals surface area (Å²) in [5.41, 5.74) is 2.68. The Hall–Kier alpha value is -2.12. The van der Waals surface area contributed by atoms with Crippen LogP contribution in [0.15, 0.2) is 40.3 Å². The summed E-state index contributed by atoms with van der Waals surface area (Å²) in [7, 11) is 1.79. The minimum atomic E-state index is 0.0215. The molecule has 0 aliphatic rings. The third-order valence-electron chi connectivity index (χ3n) is 6.22. The molecule has 1 unspecified atom stereocenters. The predicted molar refractivity (Wildman–Crippen MR) is 143 cm³/mol. The summed E-state index contributed by atoms with van der Waals surface area (Å²) in [5.74, 6) is 0.969.